The van der Waals surface area contributed by atoms with Gasteiger partial charge in [0.2, 0.25) is 5.95 Å². The molecule has 3 heterocycles. The van der Waals surface area contributed by atoms with Gasteiger partial charge in [0, 0.05) is 39.1 Å². The number of nitrogens with zero attached hydrogens (tertiary/aromatic N) is 5. The first kappa shape index (κ1) is 28.0. The highest BCUT2D eigenvalue weighted by atomic mass is 15.2. The molecule has 0 aliphatic heterocycles. The molecule has 0 atom stereocenters. The van der Waals surface area contributed by atoms with Crippen LogP contribution in [0.4, 0.5) is 0 Å². The van der Waals surface area contributed by atoms with Crippen LogP contribution in [0.1, 0.15) is 87.7 Å². The normalized spacial score (nSPS) is 16.6. The van der Waals surface area contributed by atoms with E-state index >= 15 is 0 Å². The molecule has 5 aromatic carbocycles. The predicted molar refractivity (Wildman–Crippen MR) is 198 cm³/mol. The molecule has 48 heavy (non-hydrogen) atoms. The van der Waals surface area contributed by atoms with Crippen molar-refractivity contribution in [1.82, 2.24) is 24.1 Å². The summed E-state index contributed by atoms with van der Waals surface area (Å²) in [5.74, 6) is 3.64. The van der Waals surface area contributed by atoms with Crippen LogP contribution >= 0.6 is 0 Å². The van der Waals surface area contributed by atoms with Gasteiger partial charge < -0.3 is 4.57 Å². The SMILES string of the molecule is c1ccc2cc(-n3c4ccccc4c4ccc5c(c6ccccc6n5-c5nc(C6CCCCC6)nc(C6CCCCC6)n5)c43)ccc2c1. The Kier molecular flexibility index (Phi) is 6.60. The number of para-hydroxylation sites is 2. The lowest BCUT2D eigenvalue weighted by atomic mass is 9.87. The van der Waals surface area contributed by atoms with Gasteiger partial charge in [-0.15, -0.1) is 0 Å². The van der Waals surface area contributed by atoms with Crippen molar-refractivity contribution in [3.05, 3.63) is 115 Å². The molecule has 2 aliphatic carbocycles. The first-order chi connectivity index (χ1) is 23.8. The topological polar surface area (TPSA) is 48.5 Å². The van der Waals surface area contributed by atoms with Crippen LogP contribution in [0.3, 0.4) is 0 Å². The van der Waals surface area contributed by atoms with E-state index in [9.17, 15) is 0 Å². The standard InChI is InChI=1S/C43H39N5/c1-3-14-29(15-4-1)41-44-42(30-16-5-2-6-17-30)46-43(45-41)48-37-22-12-10-20-35(37)39-38(48)26-25-34-33-19-9-11-21-36(33)47(40(34)39)32-24-23-28-13-7-8-18-31(28)27-32/h7-13,18-27,29-30H,1-6,14-17H2. The van der Waals surface area contributed by atoms with Crippen molar-refractivity contribution < 1.29 is 0 Å². The lowest BCUT2D eigenvalue weighted by Gasteiger charge is -2.24. The molecule has 0 amide bonds. The van der Waals surface area contributed by atoms with E-state index in [1.807, 2.05) is 0 Å². The van der Waals surface area contributed by atoms with E-state index in [0.29, 0.717) is 11.8 Å². The van der Waals surface area contributed by atoms with Crippen molar-refractivity contribution in [3.8, 4) is 11.6 Å². The second-order valence-electron chi connectivity index (χ2n) is 14.1. The zero-order chi connectivity index (χ0) is 31.6. The first-order valence-corrected chi connectivity index (χ1v) is 18.0. The number of hydrogen-bond donors (Lipinski definition) is 0. The van der Waals surface area contributed by atoms with Gasteiger partial charge in [-0.1, -0.05) is 111 Å². The van der Waals surface area contributed by atoms with E-state index in [0.717, 1.165) is 28.6 Å². The van der Waals surface area contributed by atoms with Crippen LogP contribution in [-0.2, 0) is 0 Å². The predicted octanol–water partition coefficient (Wildman–Crippen LogP) is 11.3. The van der Waals surface area contributed by atoms with E-state index in [1.165, 1.54) is 113 Å². The molecule has 3 aromatic heterocycles. The number of rotatable bonds is 4. The first-order valence-electron chi connectivity index (χ1n) is 18.0. The van der Waals surface area contributed by atoms with Gasteiger partial charge in [0.05, 0.1) is 22.1 Å². The minimum atomic E-state index is 0.415. The van der Waals surface area contributed by atoms with Crippen LogP contribution in [0.15, 0.2) is 103 Å². The maximum atomic E-state index is 5.37. The molecule has 2 fully saturated rings. The van der Waals surface area contributed by atoms with Crippen LogP contribution in [0, 0.1) is 0 Å². The van der Waals surface area contributed by atoms with Gasteiger partial charge in [-0.2, -0.15) is 9.97 Å². The second-order valence-corrected chi connectivity index (χ2v) is 14.1. The van der Waals surface area contributed by atoms with Gasteiger partial charge in [-0.05, 0) is 66.8 Å². The Hall–Kier alpha value is -5.03. The summed E-state index contributed by atoms with van der Waals surface area (Å²) in [4.78, 5) is 16.0. The molecule has 0 bridgehead atoms. The highest BCUT2D eigenvalue weighted by molar-refractivity contribution is 6.26. The third kappa shape index (κ3) is 4.40. The van der Waals surface area contributed by atoms with Crippen LogP contribution in [0.5, 0.6) is 0 Å². The Morgan fingerprint density at radius 3 is 1.77 bits per heavy atom. The Balaban J connectivity index is 1.29. The molecule has 0 unspecified atom stereocenters. The highest BCUT2D eigenvalue weighted by Crippen LogP contribution is 2.42. The summed E-state index contributed by atoms with van der Waals surface area (Å²) in [5, 5.41) is 7.48. The van der Waals surface area contributed by atoms with E-state index in [-0.39, 0.29) is 0 Å². The molecule has 0 N–H and O–H groups in total. The summed E-state index contributed by atoms with van der Waals surface area (Å²) in [7, 11) is 0. The number of benzene rings is 5. The lowest BCUT2D eigenvalue weighted by molar-refractivity contribution is 0.407. The fraction of sp³-hybridized carbons (Fsp3) is 0.279. The van der Waals surface area contributed by atoms with Crippen LogP contribution < -0.4 is 0 Å². The molecule has 0 radical (unpaired) electrons. The summed E-state index contributed by atoms with van der Waals surface area (Å²) in [6.45, 7) is 0. The zero-order valence-corrected chi connectivity index (χ0v) is 27.3. The van der Waals surface area contributed by atoms with Crippen molar-refractivity contribution in [1.29, 1.82) is 0 Å². The van der Waals surface area contributed by atoms with Crippen LogP contribution in [-0.4, -0.2) is 24.1 Å². The molecule has 8 aromatic rings. The molecule has 5 nitrogen and oxygen atoms in total. The summed E-state index contributed by atoms with van der Waals surface area (Å²) in [6, 6.07) is 37.8. The van der Waals surface area contributed by atoms with Gasteiger partial charge in [0.15, 0.2) is 0 Å². The van der Waals surface area contributed by atoms with Crippen molar-refractivity contribution in [3.63, 3.8) is 0 Å². The van der Waals surface area contributed by atoms with Crippen molar-refractivity contribution in [2.75, 3.05) is 0 Å². The third-order valence-corrected chi connectivity index (χ3v) is 11.3. The molecule has 5 heteroatoms. The van der Waals surface area contributed by atoms with E-state index in [1.54, 1.807) is 0 Å². The summed E-state index contributed by atoms with van der Waals surface area (Å²) in [5.41, 5.74) is 5.90. The highest BCUT2D eigenvalue weighted by Gasteiger charge is 2.27. The molecule has 236 valence electrons. The monoisotopic (exact) mass is 625 g/mol. The van der Waals surface area contributed by atoms with Gasteiger partial charge in [-0.3, -0.25) is 4.57 Å². The van der Waals surface area contributed by atoms with Crippen LogP contribution in [0.25, 0.3) is 66.0 Å². The Morgan fingerprint density at radius 2 is 1.06 bits per heavy atom. The molecular weight excluding hydrogens is 587 g/mol. The molecular formula is C43H39N5. The molecule has 0 saturated heterocycles. The minimum absolute atomic E-state index is 0.415. The third-order valence-electron chi connectivity index (χ3n) is 11.3. The molecule has 2 saturated carbocycles. The Morgan fingerprint density at radius 1 is 0.458 bits per heavy atom. The quantitative estimate of drug-likeness (QED) is 0.195. The number of fused-ring (bicyclic) bond motifs is 8. The Bertz CT molecular complexity index is 2450. The van der Waals surface area contributed by atoms with Crippen molar-refractivity contribution in [2.24, 2.45) is 0 Å². The largest absolute Gasteiger partial charge is 0.309 e. The van der Waals surface area contributed by atoms with E-state index < -0.39 is 0 Å². The number of hydrogen-bond acceptors (Lipinski definition) is 3. The average Bonchev–Trinajstić information content (AvgIpc) is 3.68. The molecule has 10 rings (SSSR count). The van der Waals surface area contributed by atoms with E-state index in [4.69, 9.17) is 15.0 Å². The lowest BCUT2D eigenvalue weighted by Crippen LogP contribution is -2.18. The number of aromatic nitrogens is 5. The summed E-state index contributed by atoms with van der Waals surface area (Å²) < 4.78 is 4.82. The molecule has 2 aliphatic rings. The fourth-order valence-electron chi connectivity index (χ4n) is 8.89. The van der Waals surface area contributed by atoms with Gasteiger partial charge in [0.25, 0.3) is 0 Å². The summed E-state index contributed by atoms with van der Waals surface area (Å²) >= 11 is 0. The van der Waals surface area contributed by atoms with Gasteiger partial charge >= 0.3 is 0 Å². The average molecular weight is 626 g/mol. The summed E-state index contributed by atoms with van der Waals surface area (Å²) in [6.07, 6.45) is 12.4. The Labute approximate surface area is 280 Å². The maximum absolute atomic E-state index is 5.37. The van der Waals surface area contributed by atoms with Gasteiger partial charge in [0.1, 0.15) is 11.6 Å². The smallest absolute Gasteiger partial charge is 0.238 e. The minimum Gasteiger partial charge on any atom is -0.309 e. The van der Waals surface area contributed by atoms with Crippen molar-refractivity contribution in [2.45, 2.75) is 76.0 Å². The maximum Gasteiger partial charge on any atom is 0.238 e. The van der Waals surface area contributed by atoms with Crippen molar-refractivity contribution >= 4 is 54.4 Å². The second kappa shape index (κ2) is 11.3. The zero-order valence-electron chi connectivity index (χ0n) is 27.3. The van der Waals surface area contributed by atoms with Crippen LogP contribution in [0.2, 0.25) is 0 Å². The van der Waals surface area contributed by atoms with E-state index in [2.05, 4.69) is 112 Å². The molecule has 0 spiro atoms. The fourth-order valence-corrected chi connectivity index (χ4v) is 8.89. The van der Waals surface area contributed by atoms with Gasteiger partial charge in [-0.25, -0.2) is 4.98 Å².